The molecule has 2 aromatic carbocycles. The monoisotopic (exact) mass is 464 g/mol. The van der Waals surface area contributed by atoms with Crippen LogP contribution in [0.5, 0.6) is 5.75 Å². The second-order valence-corrected chi connectivity index (χ2v) is 9.23. The summed E-state index contributed by atoms with van der Waals surface area (Å²) < 4.78 is 44.6. The van der Waals surface area contributed by atoms with Gasteiger partial charge in [-0.3, -0.25) is 9.80 Å². The third-order valence-electron chi connectivity index (χ3n) is 5.92. The Kier molecular flexibility index (Phi) is 7.39. The maximum absolute atomic E-state index is 12.9. The number of carbonyl (C=O) groups is 1. The number of carboxylic acids is 1. The lowest BCUT2D eigenvalue weighted by Crippen LogP contribution is -2.45. The van der Waals surface area contributed by atoms with E-state index in [9.17, 15) is 23.1 Å². The van der Waals surface area contributed by atoms with E-state index in [4.69, 9.17) is 4.74 Å². The quantitative estimate of drug-likeness (QED) is 0.633. The van der Waals surface area contributed by atoms with Gasteiger partial charge >= 0.3 is 12.1 Å². The molecule has 0 unspecified atom stereocenters. The lowest BCUT2D eigenvalue weighted by molar-refractivity contribution is -0.152. The van der Waals surface area contributed by atoms with E-state index in [1.54, 1.807) is 6.07 Å². The van der Waals surface area contributed by atoms with Gasteiger partial charge in [-0.1, -0.05) is 30.3 Å². The molecule has 2 aromatic rings. The molecule has 1 aliphatic rings. The van der Waals surface area contributed by atoms with E-state index >= 15 is 0 Å². The highest BCUT2D eigenvalue weighted by atomic mass is 19.4. The second-order valence-electron chi connectivity index (χ2n) is 9.23. The maximum Gasteiger partial charge on any atom is 0.416 e. The van der Waals surface area contributed by atoms with E-state index in [0.717, 1.165) is 55.5 Å². The van der Waals surface area contributed by atoms with Crippen molar-refractivity contribution in [2.45, 2.75) is 52.6 Å². The summed E-state index contributed by atoms with van der Waals surface area (Å²) in [5.74, 6) is -0.426. The summed E-state index contributed by atoms with van der Waals surface area (Å²) >= 11 is 0. The number of nitrogens with zero attached hydrogens (tertiary/aromatic N) is 2. The zero-order chi connectivity index (χ0) is 24.4. The fraction of sp³-hybridized carbons (Fsp3) is 0.480. The van der Waals surface area contributed by atoms with Gasteiger partial charge in [-0.05, 0) is 56.0 Å². The van der Waals surface area contributed by atoms with Crippen molar-refractivity contribution in [1.29, 1.82) is 0 Å². The number of carboxylic acid groups (broad SMARTS) is 1. The average molecular weight is 465 g/mol. The van der Waals surface area contributed by atoms with Crippen molar-refractivity contribution in [3.8, 4) is 5.75 Å². The molecular formula is C25H31F3N2O3. The van der Waals surface area contributed by atoms with Crippen LogP contribution < -0.4 is 4.74 Å². The number of hydrogen-bond donors (Lipinski definition) is 1. The maximum atomic E-state index is 12.9. The van der Waals surface area contributed by atoms with E-state index in [0.29, 0.717) is 17.9 Å². The number of ether oxygens (including phenoxy) is 1. The average Bonchev–Trinajstić information content (AvgIpc) is 2.72. The minimum Gasteiger partial charge on any atom is -0.478 e. The smallest absolute Gasteiger partial charge is 0.416 e. The van der Waals surface area contributed by atoms with E-state index in [1.807, 2.05) is 26.0 Å². The van der Waals surface area contributed by atoms with E-state index in [2.05, 4.69) is 9.80 Å². The summed E-state index contributed by atoms with van der Waals surface area (Å²) in [6.45, 7) is 11.3. The van der Waals surface area contributed by atoms with Gasteiger partial charge < -0.3 is 9.84 Å². The van der Waals surface area contributed by atoms with Crippen molar-refractivity contribution >= 4 is 5.97 Å². The van der Waals surface area contributed by atoms with Crippen LogP contribution in [0, 0.1) is 13.8 Å². The van der Waals surface area contributed by atoms with Crippen LogP contribution in [0.4, 0.5) is 13.2 Å². The molecule has 5 nitrogen and oxygen atoms in total. The molecule has 0 bridgehead atoms. The van der Waals surface area contributed by atoms with Gasteiger partial charge in [-0.15, -0.1) is 0 Å². The zero-order valence-electron chi connectivity index (χ0n) is 19.5. The first-order chi connectivity index (χ1) is 15.3. The Morgan fingerprint density at radius 3 is 1.94 bits per heavy atom. The molecule has 0 radical (unpaired) electrons. The Labute approximate surface area is 192 Å². The largest absolute Gasteiger partial charge is 0.478 e. The SMILES string of the molecule is Cc1cc(CN2CCN(Cc3cccc(C(F)(F)F)c3)CC2)cc(C)c1OC(C)(C)C(=O)O. The first-order valence-corrected chi connectivity index (χ1v) is 11.0. The number of rotatable bonds is 7. The first kappa shape index (κ1) is 25.1. The van der Waals surface area contributed by atoms with E-state index < -0.39 is 23.3 Å². The standard InChI is InChI=1S/C25H31F3N2O3/c1-17-12-20(13-18(2)22(17)33-24(3,4)23(31)32)16-30-10-8-29(9-11-30)15-19-6-5-7-21(14-19)25(26,27)28/h5-7,12-14H,8-11,15-16H2,1-4H3,(H,31,32). The van der Waals surface area contributed by atoms with Gasteiger partial charge in [0.15, 0.2) is 5.60 Å². The third-order valence-corrected chi connectivity index (χ3v) is 5.92. The molecule has 180 valence electrons. The summed E-state index contributed by atoms with van der Waals surface area (Å²) in [5.41, 5.74) is 1.65. The highest BCUT2D eigenvalue weighted by Gasteiger charge is 2.31. The number of benzene rings is 2. The molecule has 1 heterocycles. The molecule has 0 saturated carbocycles. The molecule has 33 heavy (non-hydrogen) atoms. The minimum atomic E-state index is -4.32. The van der Waals surface area contributed by atoms with Gasteiger partial charge in [0.1, 0.15) is 5.75 Å². The Hall–Kier alpha value is -2.58. The Morgan fingerprint density at radius 2 is 1.45 bits per heavy atom. The highest BCUT2D eigenvalue weighted by molar-refractivity contribution is 5.77. The first-order valence-electron chi connectivity index (χ1n) is 11.0. The second kappa shape index (κ2) is 9.73. The predicted octanol–water partition coefficient (Wildman–Crippen LogP) is 4.88. The summed E-state index contributed by atoms with van der Waals surface area (Å²) in [7, 11) is 0. The van der Waals surface area contributed by atoms with Crippen LogP contribution in [0.3, 0.4) is 0 Å². The van der Waals surface area contributed by atoms with Gasteiger partial charge in [0, 0.05) is 39.3 Å². The van der Waals surface area contributed by atoms with Crippen LogP contribution in [0.15, 0.2) is 36.4 Å². The van der Waals surface area contributed by atoms with Crippen molar-refractivity contribution in [3.63, 3.8) is 0 Å². The molecule has 3 rings (SSSR count). The Morgan fingerprint density at radius 1 is 0.939 bits per heavy atom. The summed E-state index contributed by atoms with van der Waals surface area (Å²) in [6.07, 6.45) is -4.32. The topological polar surface area (TPSA) is 53.0 Å². The molecule has 1 aliphatic heterocycles. The number of hydrogen-bond acceptors (Lipinski definition) is 4. The molecule has 8 heteroatoms. The van der Waals surface area contributed by atoms with Crippen LogP contribution in [-0.2, 0) is 24.1 Å². The molecule has 1 fully saturated rings. The predicted molar refractivity (Wildman–Crippen MR) is 120 cm³/mol. The Balaban J connectivity index is 1.57. The van der Waals surface area contributed by atoms with Crippen LogP contribution in [0.1, 0.15) is 41.7 Å². The molecule has 1 N–H and O–H groups in total. The number of aryl methyl sites for hydroxylation is 2. The Bertz CT molecular complexity index is 974. The molecule has 0 atom stereocenters. The van der Waals surface area contributed by atoms with Gasteiger partial charge in [0.2, 0.25) is 0 Å². The molecule has 1 saturated heterocycles. The number of halogens is 3. The van der Waals surface area contributed by atoms with Crippen molar-refractivity contribution in [2.75, 3.05) is 26.2 Å². The zero-order valence-corrected chi connectivity index (χ0v) is 19.5. The van der Waals surface area contributed by atoms with Crippen LogP contribution in [0.25, 0.3) is 0 Å². The molecular weight excluding hydrogens is 433 g/mol. The van der Waals surface area contributed by atoms with Gasteiger partial charge in [-0.2, -0.15) is 13.2 Å². The summed E-state index contributed by atoms with van der Waals surface area (Å²) in [6, 6.07) is 9.58. The number of alkyl halides is 3. The lowest BCUT2D eigenvalue weighted by Gasteiger charge is -2.35. The van der Waals surface area contributed by atoms with Crippen LogP contribution >= 0.6 is 0 Å². The highest BCUT2D eigenvalue weighted by Crippen LogP contribution is 2.31. The van der Waals surface area contributed by atoms with Gasteiger partial charge in [-0.25, -0.2) is 4.79 Å². The molecule has 0 spiro atoms. The fourth-order valence-corrected chi connectivity index (χ4v) is 4.06. The molecule has 0 amide bonds. The van der Waals surface area contributed by atoms with Gasteiger partial charge in [0.25, 0.3) is 0 Å². The molecule has 0 aliphatic carbocycles. The fourth-order valence-electron chi connectivity index (χ4n) is 4.06. The van der Waals surface area contributed by atoms with Gasteiger partial charge in [0.05, 0.1) is 5.56 Å². The minimum absolute atomic E-state index is 0.501. The normalized spacial score (nSPS) is 16.1. The van der Waals surface area contributed by atoms with E-state index in [1.165, 1.54) is 26.0 Å². The lowest BCUT2D eigenvalue weighted by atomic mass is 10.0. The van der Waals surface area contributed by atoms with Crippen LogP contribution in [-0.4, -0.2) is 52.7 Å². The molecule has 0 aromatic heterocycles. The number of piperazine rings is 1. The summed E-state index contributed by atoms with van der Waals surface area (Å²) in [4.78, 5) is 15.9. The van der Waals surface area contributed by atoms with Crippen molar-refractivity contribution < 1.29 is 27.8 Å². The summed E-state index contributed by atoms with van der Waals surface area (Å²) in [5, 5.41) is 9.33. The van der Waals surface area contributed by atoms with Crippen molar-refractivity contribution in [1.82, 2.24) is 9.80 Å². The van der Waals surface area contributed by atoms with Crippen LogP contribution in [0.2, 0.25) is 0 Å². The van der Waals surface area contributed by atoms with Crippen molar-refractivity contribution in [3.05, 3.63) is 64.2 Å². The third kappa shape index (κ3) is 6.48. The number of aliphatic carboxylic acids is 1. The van der Waals surface area contributed by atoms with Crippen molar-refractivity contribution in [2.24, 2.45) is 0 Å². The van der Waals surface area contributed by atoms with E-state index in [-0.39, 0.29) is 0 Å².